The van der Waals surface area contributed by atoms with E-state index in [-0.39, 0.29) is 6.61 Å². The monoisotopic (exact) mass is 449 g/mol. The molecule has 3 N–H and O–H groups in total. The highest BCUT2D eigenvalue weighted by atomic mass is 35.5. The summed E-state index contributed by atoms with van der Waals surface area (Å²) < 4.78 is 5.18. The highest BCUT2D eigenvalue weighted by Gasteiger charge is 2.19. The molecular formula is C19H24ClN7O2S. The Labute approximate surface area is 185 Å². The van der Waals surface area contributed by atoms with Gasteiger partial charge in [-0.3, -0.25) is 5.32 Å². The van der Waals surface area contributed by atoms with Crippen LogP contribution < -0.4 is 16.0 Å². The van der Waals surface area contributed by atoms with E-state index in [0.717, 1.165) is 5.56 Å². The molecule has 30 heavy (non-hydrogen) atoms. The van der Waals surface area contributed by atoms with E-state index in [4.69, 9.17) is 16.3 Å². The third-order valence-electron chi connectivity index (χ3n) is 3.62. The molecule has 1 aromatic heterocycles. The lowest BCUT2D eigenvalue weighted by Crippen LogP contribution is -2.30. The van der Waals surface area contributed by atoms with Gasteiger partial charge in [0, 0.05) is 23.0 Å². The van der Waals surface area contributed by atoms with Crippen LogP contribution in [0.15, 0.2) is 23.4 Å². The molecule has 2 rings (SSSR count). The van der Waals surface area contributed by atoms with E-state index in [9.17, 15) is 10.1 Å². The maximum Gasteiger partial charge on any atom is 0.411 e. The second-order valence-corrected chi connectivity index (χ2v) is 8.20. The third kappa shape index (κ3) is 7.57. The lowest BCUT2D eigenvalue weighted by Gasteiger charge is -2.18. The summed E-state index contributed by atoms with van der Waals surface area (Å²) in [6.07, 6.45) is -0.572. The topological polar surface area (TPSA) is 125 Å². The number of thioether (sulfide) groups is 1. The minimum absolute atomic E-state index is 0.158. The fourth-order valence-corrected chi connectivity index (χ4v) is 2.95. The van der Waals surface area contributed by atoms with Gasteiger partial charge in [-0.25, -0.2) is 4.79 Å². The van der Waals surface area contributed by atoms with Gasteiger partial charge in [-0.1, -0.05) is 29.4 Å². The Morgan fingerprint density at radius 3 is 2.70 bits per heavy atom. The minimum atomic E-state index is -0.827. The first-order valence-electron chi connectivity index (χ1n) is 9.24. The maximum atomic E-state index is 11.9. The lowest BCUT2D eigenvalue weighted by molar-refractivity contribution is 0.169. The SMILES string of the molecule is CCNc1nc(NC(C)(C)C#N)nc(SCCOC(=O)Nc2ccc(C)c(Cl)c2)n1. The zero-order chi connectivity index (χ0) is 22.1. The van der Waals surface area contributed by atoms with Gasteiger partial charge in [-0.2, -0.15) is 20.2 Å². The standard InChI is InChI=1S/C19H24ClN7O2S/c1-5-22-15-24-16(27-19(3,4)11-21)26-17(25-15)30-9-8-29-18(28)23-13-7-6-12(2)14(20)10-13/h6-7,10H,5,8-9H2,1-4H3,(H,23,28)(H2,22,24,25,26,27). The Kier molecular flexibility index (Phi) is 8.50. The number of amides is 1. The predicted molar refractivity (Wildman–Crippen MR) is 119 cm³/mol. The normalized spacial score (nSPS) is 10.8. The number of aromatic nitrogens is 3. The van der Waals surface area contributed by atoms with Gasteiger partial charge in [0.05, 0.1) is 6.07 Å². The summed E-state index contributed by atoms with van der Waals surface area (Å²) >= 11 is 7.36. The largest absolute Gasteiger partial charge is 0.448 e. The highest BCUT2D eigenvalue weighted by Crippen LogP contribution is 2.21. The zero-order valence-corrected chi connectivity index (χ0v) is 18.8. The number of benzene rings is 1. The van der Waals surface area contributed by atoms with Crippen molar-refractivity contribution in [2.45, 2.75) is 38.4 Å². The first-order valence-corrected chi connectivity index (χ1v) is 10.6. The van der Waals surface area contributed by atoms with Gasteiger partial charge in [-0.15, -0.1) is 0 Å². The molecule has 0 unspecified atom stereocenters. The van der Waals surface area contributed by atoms with Crippen molar-refractivity contribution >= 4 is 47.0 Å². The van der Waals surface area contributed by atoms with Crippen molar-refractivity contribution in [1.82, 2.24) is 15.0 Å². The number of rotatable bonds is 9. The van der Waals surface area contributed by atoms with Crippen LogP contribution in [0.3, 0.4) is 0 Å². The van der Waals surface area contributed by atoms with Gasteiger partial charge in [0.15, 0.2) is 5.16 Å². The van der Waals surface area contributed by atoms with Crippen molar-refractivity contribution in [3.8, 4) is 6.07 Å². The number of hydrogen-bond donors (Lipinski definition) is 3. The quantitative estimate of drug-likeness (QED) is 0.379. The summed E-state index contributed by atoms with van der Waals surface area (Å²) in [7, 11) is 0. The van der Waals surface area contributed by atoms with Gasteiger partial charge in [0.25, 0.3) is 0 Å². The molecule has 2 aromatic rings. The second-order valence-electron chi connectivity index (χ2n) is 6.73. The summed E-state index contributed by atoms with van der Waals surface area (Å²) in [5, 5.41) is 18.8. The average Bonchev–Trinajstić information content (AvgIpc) is 2.68. The van der Waals surface area contributed by atoms with Crippen LogP contribution >= 0.6 is 23.4 Å². The molecule has 11 heteroatoms. The number of aryl methyl sites for hydroxylation is 1. The zero-order valence-electron chi connectivity index (χ0n) is 17.2. The number of halogens is 1. The fourth-order valence-electron chi connectivity index (χ4n) is 2.11. The first-order chi connectivity index (χ1) is 14.2. The molecule has 1 amide bonds. The second kappa shape index (κ2) is 10.8. The lowest BCUT2D eigenvalue weighted by atomic mass is 10.1. The number of carbonyl (C=O) groups is 1. The molecule has 0 bridgehead atoms. The number of nitrogens with one attached hydrogen (secondary N) is 3. The molecule has 0 aliphatic rings. The summed E-state index contributed by atoms with van der Waals surface area (Å²) in [4.78, 5) is 24.8. The predicted octanol–water partition coefficient (Wildman–Crippen LogP) is 4.32. The van der Waals surface area contributed by atoms with E-state index in [1.165, 1.54) is 11.8 Å². The summed E-state index contributed by atoms with van der Waals surface area (Å²) in [5.41, 5.74) is 0.660. The minimum Gasteiger partial charge on any atom is -0.448 e. The Bertz CT molecular complexity index is 934. The molecule has 160 valence electrons. The Hall–Kier alpha value is -2.77. The van der Waals surface area contributed by atoms with Gasteiger partial charge in [0.1, 0.15) is 12.1 Å². The first kappa shape index (κ1) is 23.5. The number of hydrogen-bond acceptors (Lipinski definition) is 9. The fraction of sp³-hybridized carbons (Fsp3) is 0.421. The average molecular weight is 450 g/mol. The molecule has 0 aliphatic carbocycles. The Morgan fingerprint density at radius 1 is 1.30 bits per heavy atom. The van der Waals surface area contributed by atoms with Crippen LogP contribution in [0, 0.1) is 18.3 Å². The number of ether oxygens (including phenoxy) is 1. The molecule has 1 heterocycles. The maximum absolute atomic E-state index is 11.9. The van der Waals surface area contributed by atoms with Gasteiger partial charge in [-0.05, 0) is 45.4 Å². The molecule has 0 fully saturated rings. The van der Waals surface area contributed by atoms with Crippen LogP contribution in [0.25, 0.3) is 0 Å². The van der Waals surface area contributed by atoms with E-state index >= 15 is 0 Å². The molecule has 1 aromatic carbocycles. The molecule has 0 atom stereocenters. The van der Waals surface area contributed by atoms with Crippen molar-refractivity contribution in [1.29, 1.82) is 5.26 Å². The molecule has 9 nitrogen and oxygen atoms in total. The van der Waals surface area contributed by atoms with Gasteiger partial charge in [0.2, 0.25) is 11.9 Å². The van der Waals surface area contributed by atoms with E-state index in [0.29, 0.717) is 40.1 Å². The Balaban J connectivity index is 1.89. The van der Waals surface area contributed by atoms with Crippen molar-refractivity contribution in [2.75, 3.05) is 34.9 Å². The highest BCUT2D eigenvalue weighted by molar-refractivity contribution is 7.99. The molecular weight excluding hydrogens is 426 g/mol. The molecule has 0 spiro atoms. The summed E-state index contributed by atoms with van der Waals surface area (Å²) in [6.45, 7) is 8.06. The van der Waals surface area contributed by atoms with E-state index in [1.807, 2.05) is 19.9 Å². The number of anilines is 3. The Morgan fingerprint density at radius 2 is 2.03 bits per heavy atom. The van der Waals surface area contributed by atoms with E-state index in [2.05, 4.69) is 37.0 Å². The third-order valence-corrected chi connectivity index (χ3v) is 4.84. The van der Waals surface area contributed by atoms with Crippen LogP contribution in [-0.2, 0) is 4.74 Å². The summed E-state index contributed by atoms with van der Waals surface area (Å²) in [5.74, 6) is 1.14. The number of nitriles is 1. The van der Waals surface area contributed by atoms with Crippen LogP contribution in [-0.4, -0.2) is 45.5 Å². The van der Waals surface area contributed by atoms with Gasteiger partial charge >= 0.3 is 6.09 Å². The van der Waals surface area contributed by atoms with Crippen molar-refractivity contribution in [2.24, 2.45) is 0 Å². The van der Waals surface area contributed by atoms with Crippen molar-refractivity contribution in [3.05, 3.63) is 28.8 Å². The molecule has 0 saturated heterocycles. The number of carbonyl (C=O) groups excluding carboxylic acids is 1. The van der Waals surface area contributed by atoms with Crippen LogP contribution in [0.1, 0.15) is 26.3 Å². The van der Waals surface area contributed by atoms with Crippen LogP contribution in [0.2, 0.25) is 5.02 Å². The molecule has 0 saturated carbocycles. The molecule has 0 radical (unpaired) electrons. The van der Waals surface area contributed by atoms with Crippen LogP contribution in [0.4, 0.5) is 22.4 Å². The van der Waals surface area contributed by atoms with Gasteiger partial charge < -0.3 is 15.4 Å². The smallest absolute Gasteiger partial charge is 0.411 e. The van der Waals surface area contributed by atoms with E-state index < -0.39 is 11.6 Å². The molecule has 0 aliphatic heterocycles. The van der Waals surface area contributed by atoms with E-state index in [1.54, 1.807) is 26.0 Å². The summed E-state index contributed by atoms with van der Waals surface area (Å²) in [6, 6.07) is 7.37. The van der Waals surface area contributed by atoms with Crippen molar-refractivity contribution < 1.29 is 9.53 Å². The van der Waals surface area contributed by atoms with Crippen molar-refractivity contribution in [3.63, 3.8) is 0 Å². The van der Waals surface area contributed by atoms with Crippen LogP contribution in [0.5, 0.6) is 0 Å². The number of nitrogens with zero attached hydrogens (tertiary/aromatic N) is 4.